The van der Waals surface area contributed by atoms with Gasteiger partial charge in [0.2, 0.25) is 0 Å². The Hall–Kier alpha value is -1.46. The number of nitrogen functional groups attached to an aromatic ring is 1. The molecule has 0 amide bonds. The summed E-state index contributed by atoms with van der Waals surface area (Å²) in [5.41, 5.74) is 9.21. The van der Waals surface area contributed by atoms with Crippen molar-refractivity contribution in [2.24, 2.45) is 0 Å². The van der Waals surface area contributed by atoms with E-state index in [2.05, 4.69) is 22.8 Å². The molecule has 22 heavy (non-hydrogen) atoms. The van der Waals surface area contributed by atoms with E-state index in [4.69, 9.17) is 15.2 Å². The minimum atomic E-state index is 0.450. The van der Waals surface area contributed by atoms with Crippen LogP contribution in [0, 0.1) is 6.92 Å². The van der Waals surface area contributed by atoms with Gasteiger partial charge in [-0.15, -0.1) is 0 Å². The van der Waals surface area contributed by atoms with Crippen LogP contribution in [0.5, 0.6) is 5.75 Å². The van der Waals surface area contributed by atoms with E-state index in [1.54, 1.807) is 0 Å². The first-order chi connectivity index (χ1) is 10.7. The number of anilines is 2. The summed E-state index contributed by atoms with van der Waals surface area (Å²) in [5, 5.41) is 0. The lowest BCUT2D eigenvalue weighted by Crippen LogP contribution is -2.60. The number of hydrogen-bond donors (Lipinski definition) is 1. The number of benzene rings is 1. The van der Waals surface area contributed by atoms with Gasteiger partial charge in [0.25, 0.3) is 0 Å². The van der Waals surface area contributed by atoms with Crippen molar-refractivity contribution in [1.29, 1.82) is 0 Å². The molecule has 0 radical (unpaired) electrons. The third kappa shape index (κ3) is 2.42. The molecule has 4 rings (SSSR count). The van der Waals surface area contributed by atoms with Crippen molar-refractivity contribution >= 4 is 11.4 Å². The maximum Gasteiger partial charge on any atom is 0.145 e. The van der Waals surface area contributed by atoms with Crippen LogP contribution in [0.1, 0.15) is 18.4 Å². The van der Waals surface area contributed by atoms with Crippen LogP contribution >= 0.6 is 0 Å². The van der Waals surface area contributed by atoms with Gasteiger partial charge in [0.05, 0.1) is 11.7 Å². The minimum Gasteiger partial charge on any atom is -0.489 e. The summed E-state index contributed by atoms with van der Waals surface area (Å²) in [7, 11) is 0. The van der Waals surface area contributed by atoms with E-state index in [0.29, 0.717) is 12.1 Å². The Balaban J connectivity index is 1.54. The van der Waals surface area contributed by atoms with Gasteiger partial charge in [0, 0.05) is 50.6 Å². The molecule has 0 unspecified atom stereocenters. The molecule has 5 heteroatoms. The summed E-state index contributed by atoms with van der Waals surface area (Å²) >= 11 is 0. The maximum absolute atomic E-state index is 6.02. The molecule has 2 saturated heterocycles. The molecule has 3 heterocycles. The molecule has 1 aromatic carbocycles. The van der Waals surface area contributed by atoms with E-state index in [-0.39, 0.29) is 0 Å². The molecule has 2 N–H and O–H groups in total. The van der Waals surface area contributed by atoms with Crippen molar-refractivity contribution in [3.05, 3.63) is 17.7 Å². The summed E-state index contributed by atoms with van der Waals surface area (Å²) < 4.78 is 11.5. The van der Waals surface area contributed by atoms with Gasteiger partial charge in [-0.25, -0.2) is 0 Å². The summed E-state index contributed by atoms with van der Waals surface area (Å²) in [5.74, 6) is 0.952. The Morgan fingerprint density at radius 1 is 1.14 bits per heavy atom. The zero-order valence-electron chi connectivity index (χ0n) is 13.3. The molecule has 2 fully saturated rings. The first-order valence-electron chi connectivity index (χ1n) is 8.34. The first kappa shape index (κ1) is 14.2. The predicted molar refractivity (Wildman–Crippen MR) is 87.6 cm³/mol. The van der Waals surface area contributed by atoms with Crippen LogP contribution in [0.4, 0.5) is 11.4 Å². The largest absolute Gasteiger partial charge is 0.489 e. The Kier molecular flexibility index (Phi) is 3.62. The molecule has 1 aromatic rings. The highest BCUT2D eigenvalue weighted by molar-refractivity contribution is 5.70. The fourth-order valence-electron chi connectivity index (χ4n) is 4.14. The quantitative estimate of drug-likeness (QED) is 0.799. The highest BCUT2D eigenvalue weighted by atomic mass is 16.5. The third-order valence-electron chi connectivity index (χ3n) is 5.23. The van der Waals surface area contributed by atoms with Crippen LogP contribution < -0.4 is 15.4 Å². The Labute approximate surface area is 132 Å². The average Bonchev–Trinajstić information content (AvgIpc) is 2.54. The molecule has 120 valence electrons. The molecule has 0 spiro atoms. The number of nitrogens with two attached hydrogens (primary N) is 1. The van der Waals surface area contributed by atoms with Gasteiger partial charge in [-0.2, -0.15) is 0 Å². The van der Waals surface area contributed by atoms with E-state index < -0.39 is 0 Å². The normalized spacial score (nSPS) is 26.2. The Bertz CT molecular complexity index is 557. The third-order valence-corrected chi connectivity index (χ3v) is 5.23. The Morgan fingerprint density at radius 3 is 2.77 bits per heavy atom. The SMILES string of the molecule is Cc1cc(N)cc2c1N1CCN(C3CCOCC3)C[C@@H]1CO2. The fourth-order valence-corrected chi connectivity index (χ4v) is 4.14. The standard InChI is InChI=1S/C17H25N3O2/c1-12-8-13(18)9-16-17(12)20-5-4-19(10-15(20)11-22-16)14-2-6-21-7-3-14/h8-9,14-15H,2-7,10-11,18H2,1H3/t15-/m1/s1. The number of nitrogens with zero attached hydrogens (tertiary/aromatic N) is 2. The molecular weight excluding hydrogens is 278 g/mol. The van der Waals surface area contributed by atoms with E-state index in [1.165, 1.54) is 24.1 Å². The van der Waals surface area contributed by atoms with Crippen molar-refractivity contribution in [1.82, 2.24) is 4.90 Å². The molecule has 3 aliphatic heterocycles. The summed E-state index contributed by atoms with van der Waals surface area (Å²) in [6, 6.07) is 5.15. The van der Waals surface area contributed by atoms with Crippen molar-refractivity contribution in [2.75, 3.05) is 50.1 Å². The van der Waals surface area contributed by atoms with Crippen LogP contribution in [0.2, 0.25) is 0 Å². The molecule has 0 bridgehead atoms. The summed E-state index contributed by atoms with van der Waals surface area (Å²) in [6.07, 6.45) is 2.33. The first-order valence-corrected chi connectivity index (χ1v) is 8.34. The van der Waals surface area contributed by atoms with Crippen molar-refractivity contribution in [3.8, 4) is 5.75 Å². The summed E-state index contributed by atoms with van der Waals surface area (Å²) in [4.78, 5) is 5.17. The van der Waals surface area contributed by atoms with Gasteiger partial charge in [-0.1, -0.05) is 0 Å². The van der Waals surface area contributed by atoms with Gasteiger partial charge >= 0.3 is 0 Å². The number of fused-ring (bicyclic) bond motifs is 3. The number of ether oxygens (including phenoxy) is 2. The molecular formula is C17H25N3O2. The van der Waals surface area contributed by atoms with Crippen LogP contribution in [0.3, 0.4) is 0 Å². The lowest BCUT2D eigenvalue weighted by molar-refractivity contribution is 0.0231. The topological polar surface area (TPSA) is 51.0 Å². The van der Waals surface area contributed by atoms with E-state index in [9.17, 15) is 0 Å². The van der Waals surface area contributed by atoms with E-state index in [1.807, 2.05) is 6.07 Å². The second-order valence-electron chi connectivity index (χ2n) is 6.68. The second kappa shape index (κ2) is 5.63. The minimum absolute atomic E-state index is 0.450. The average molecular weight is 303 g/mol. The lowest BCUT2D eigenvalue weighted by atomic mass is 10.0. The summed E-state index contributed by atoms with van der Waals surface area (Å²) in [6.45, 7) is 8.00. The number of piperazine rings is 1. The van der Waals surface area contributed by atoms with Crippen molar-refractivity contribution in [3.63, 3.8) is 0 Å². The molecule has 5 nitrogen and oxygen atoms in total. The zero-order chi connectivity index (χ0) is 15.1. The maximum atomic E-state index is 6.02. The zero-order valence-corrected chi connectivity index (χ0v) is 13.3. The van der Waals surface area contributed by atoms with Crippen LogP contribution in [0.15, 0.2) is 12.1 Å². The van der Waals surface area contributed by atoms with Gasteiger partial charge in [-0.05, 0) is 31.4 Å². The number of aryl methyl sites for hydroxylation is 1. The van der Waals surface area contributed by atoms with Crippen molar-refractivity contribution in [2.45, 2.75) is 31.8 Å². The van der Waals surface area contributed by atoms with E-state index >= 15 is 0 Å². The fraction of sp³-hybridized carbons (Fsp3) is 0.647. The van der Waals surface area contributed by atoms with Gasteiger partial charge < -0.3 is 20.1 Å². The molecule has 0 aromatic heterocycles. The lowest BCUT2D eigenvalue weighted by Gasteiger charge is -2.48. The van der Waals surface area contributed by atoms with Crippen LogP contribution in [-0.4, -0.2) is 56.4 Å². The molecule has 0 saturated carbocycles. The van der Waals surface area contributed by atoms with E-state index in [0.717, 1.165) is 50.9 Å². The number of rotatable bonds is 1. The second-order valence-corrected chi connectivity index (χ2v) is 6.68. The molecule has 1 atom stereocenters. The smallest absolute Gasteiger partial charge is 0.145 e. The van der Waals surface area contributed by atoms with Gasteiger partial charge in [-0.3, -0.25) is 4.90 Å². The molecule has 0 aliphatic carbocycles. The predicted octanol–water partition coefficient (Wildman–Crippen LogP) is 1.64. The van der Waals surface area contributed by atoms with Gasteiger partial charge in [0.1, 0.15) is 12.4 Å². The van der Waals surface area contributed by atoms with Crippen molar-refractivity contribution < 1.29 is 9.47 Å². The highest BCUT2D eigenvalue weighted by Crippen LogP contribution is 2.40. The monoisotopic (exact) mass is 303 g/mol. The highest BCUT2D eigenvalue weighted by Gasteiger charge is 2.36. The van der Waals surface area contributed by atoms with Crippen LogP contribution in [0.25, 0.3) is 0 Å². The number of hydrogen-bond acceptors (Lipinski definition) is 5. The molecule has 3 aliphatic rings. The van der Waals surface area contributed by atoms with Crippen LogP contribution in [-0.2, 0) is 4.74 Å². The Morgan fingerprint density at radius 2 is 1.95 bits per heavy atom. The van der Waals surface area contributed by atoms with Gasteiger partial charge in [0.15, 0.2) is 0 Å².